The molecule has 0 radical (unpaired) electrons. The number of unbranched alkanes of at least 4 members (excludes halogenated alkanes) is 1. The Labute approximate surface area is 192 Å². The van der Waals surface area contributed by atoms with E-state index in [1.165, 1.54) is 0 Å². The van der Waals surface area contributed by atoms with Crippen molar-refractivity contribution >= 4 is 11.8 Å². The highest BCUT2D eigenvalue weighted by Gasteiger charge is 2.41. The van der Waals surface area contributed by atoms with Crippen molar-refractivity contribution in [3.05, 3.63) is 23.2 Å². The minimum Gasteiger partial charge on any atom is -0.493 e. The highest BCUT2D eigenvalue weighted by molar-refractivity contribution is 5.86. The summed E-state index contributed by atoms with van der Waals surface area (Å²) in [6, 6.07) is 0. The molecular formula is C24H41N3O5. The first-order valence-corrected chi connectivity index (χ1v) is 11.8. The minimum absolute atomic E-state index is 0.00756. The monoisotopic (exact) mass is 451 g/mol. The van der Waals surface area contributed by atoms with Gasteiger partial charge in [-0.2, -0.15) is 0 Å². The average Bonchev–Trinajstić information content (AvgIpc) is 2.76. The number of nitrogens with two attached hydrogens (primary N) is 1. The SMILES string of the molecule is CCCCOC1=C(C)C(C)(C(=O)NC[C@H]2CCN(CCCC(N)=O)C[C@H]2O)CC=C1OC. The zero-order chi connectivity index (χ0) is 23.7. The maximum absolute atomic E-state index is 13.2. The molecule has 0 saturated carbocycles. The third-order valence-electron chi connectivity index (χ3n) is 6.78. The van der Waals surface area contributed by atoms with Gasteiger partial charge in [0.25, 0.3) is 0 Å². The summed E-state index contributed by atoms with van der Waals surface area (Å²) < 4.78 is 11.5. The number of ether oxygens (including phenoxy) is 2. The molecule has 0 aromatic rings. The van der Waals surface area contributed by atoms with E-state index in [0.717, 1.165) is 37.9 Å². The molecule has 1 unspecified atom stereocenters. The maximum Gasteiger partial charge on any atom is 0.230 e. The molecule has 1 fully saturated rings. The number of carbonyl (C=O) groups excluding carboxylic acids is 2. The Bertz CT molecular complexity index is 720. The summed E-state index contributed by atoms with van der Waals surface area (Å²) in [4.78, 5) is 26.3. The molecule has 1 aliphatic heterocycles. The van der Waals surface area contributed by atoms with Gasteiger partial charge in [-0.1, -0.05) is 13.3 Å². The van der Waals surface area contributed by atoms with Crippen LogP contribution in [0.5, 0.6) is 0 Å². The number of allylic oxidation sites excluding steroid dienone is 1. The van der Waals surface area contributed by atoms with Gasteiger partial charge in [0.1, 0.15) is 0 Å². The van der Waals surface area contributed by atoms with Gasteiger partial charge < -0.3 is 30.5 Å². The van der Waals surface area contributed by atoms with Crippen LogP contribution in [0.25, 0.3) is 0 Å². The van der Waals surface area contributed by atoms with Crippen molar-refractivity contribution < 1.29 is 24.2 Å². The van der Waals surface area contributed by atoms with Crippen LogP contribution in [0, 0.1) is 11.3 Å². The highest BCUT2D eigenvalue weighted by atomic mass is 16.5. The number of β-amino-alcohol motifs (C(OH)–C–C–N with tert-alkyl or cyclic N) is 1. The Morgan fingerprint density at radius 3 is 2.75 bits per heavy atom. The molecule has 32 heavy (non-hydrogen) atoms. The van der Waals surface area contributed by atoms with Crippen LogP contribution < -0.4 is 11.1 Å². The van der Waals surface area contributed by atoms with E-state index in [0.29, 0.717) is 50.5 Å². The van der Waals surface area contributed by atoms with E-state index in [-0.39, 0.29) is 17.7 Å². The molecule has 1 aliphatic carbocycles. The summed E-state index contributed by atoms with van der Waals surface area (Å²) in [7, 11) is 1.62. The summed E-state index contributed by atoms with van der Waals surface area (Å²) in [6.45, 7) is 9.13. The number of aliphatic hydroxyl groups excluding tert-OH is 1. The van der Waals surface area contributed by atoms with E-state index in [4.69, 9.17) is 15.2 Å². The fourth-order valence-electron chi connectivity index (χ4n) is 4.30. The third kappa shape index (κ3) is 6.72. The van der Waals surface area contributed by atoms with Crippen molar-refractivity contribution in [2.75, 3.05) is 39.9 Å². The lowest BCUT2D eigenvalue weighted by molar-refractivity contribution is -0.129. The largest absolute Gasteiger partial charge is 0.493 e. The van der Waals surface area contributed by atoms with E-state index in [1.807, 2.05) is 19.9 Å². The Morgan fingerprint density at radius 1 is 1.38 bits per heavy atom. The lowest BCUT2D eigenvalue weighted by atomic mass is 9.75. The van der Waals surface area contributed by atoms with E-state index >= 15 is 0 Å². The molecule has 8 heteroatoms. The molecule has 4 N–H and O–H groups in total. The van der Waals surface area contributed by atoms with Crippen LogP contribution in [0.2, 0.25) is 0 Å². The molecule has 2 rings (SSSR count). The van der Waals surface area contributed by atoms with Crippen LogP contribution >= 0.6 is 0 Å². The molecule has 1 heterocycles. The minimum atomic E-state index is -0.718. The molecule has 2 amide bonds. The van der Waals surface area contributed by atoms with E-state index < -0.39 is 11.5 Å². The first kappa shape index (κ1) is 26.2. The Balaban J connectivity index is 1.92. The van der Waals surface area contributed by atoms with Crippen LogP contribution in [0.4, 0.5) is 0 Å². The van der Waals surface area contributed by atoms with Gasteiger partial charge in [-0.3, -0.25) is 9.59 Å². The Kier molecular flexibility index (Phi) is 10.0. The van der Waals surface area contributed by atoms with Crippen LogP contribution in [0.15, 0.2) is 23.2 Å². The number of likely N-dealkylation sites (tertiary alicyclic amines) is 1. The number of methoxy groups -OCH3 is 1. The molecule has 0 spiro atoms. The predicted octanol–water partition coefficient (Wildman–Crippen LogP) is 2.08. The summed E-state index contributed by atoms with van der Waals surface area (Å²) in [5.74, 6) is 0.995. The molecule has 0 aromatic heterocycles. The zero-order valence-electron chi connectivity index (χ0n) is 20.1. The van der Waals surface area contributed by atoms with Crippen molar-refractivity contribution in [3.63, 3.8) is 0 Å². The number of amides is 2. The van der Waals surface area contributed by atoms with Crippen molar-refractivity contribution in [1.82, 2.24) is 10.2 Å². The van der Waals surface area contributed by atoms with Gasteiger partial charge in [0.05, 0.1) is 25.2 Å². The molecular weight excluding hydrogens is 410 g/mol. The third-order valence-corrected chi connectivity index (χ3v) is 6.78. The van der Waals surface area contributed by atoms with Crippen LogP contribution in [0.1, 0.15) is 59.3 Å². The van der Waals surface area contributed by atoms with E-state index in [9.17, 15) is 14.7 Å². The number of rotatable bonds is 12. The van der Waals surface area contributed by atoms with E-state index in [2.05, 4.69) is 17.1 Å². The molecule has 2 aliphatic rings. The van der Waals surface area contributed by atoms with Gasteiger partial charge >= 0.3 is 0 Å². The van der Waals surface area contributed by atoms with Crippen molar-refractivity contribution in [2.45, 2.75) is 65.4 Å². The molecule has 0 bridgehead atoms. The normalized spacial score (nSPS) is 26.5. The Morgan fingerprint density at radius 2 is 2.12 bits per heavy atom. The summed E-state index contributed by atoms with van der Waals surface area (Å²) >= 11 is 0. The van der Waals surface area contributed by atoms with Crippen molar-refractivity contribution in [2.24, 2.45) is 17.1 Å². The number of hydrogen-bond donors (Lipinski definition) is 3. The first-order chi connectivity index (χ1) is 15.2. The quantitative estimate of drug-likeness (QED) is 0.392. The second-order valence-electron chi connectivity index (χ2n) is 9.16. The number of aliphatic hydroxyl groups is 1. The number of carbonyl (C=O) groups is 2. The summed E-state index contributed by atoms with van der Waals surface area (Å²) in [5, 5.41) is 13.7. The second-order valence-corrected chi connectivity index (χ2v) is 9.16. The summed E-state index contributed by atoms with van der Waals surface area (Å²) in [6.07, 6.45) is 5.78. The maximum atomic E-state index is 13.2. The highest BCUT2D eigenvalue weighted by Crippen LogP contribution is 2.41. The summed E-state index contributed by atoms with van der Waals surface area (Å²) in [5.41, 5.74) is 5.35. The average molecular weight is 452 g/mol. The van der Waals surface area contributed by atoms with Crippen molar-refractivity contribution in [1.29, 1.82) is 0 Å². The Hall–Kier alpha value is -2.06. The number of nitrogens with one attached hydrogen (secondary N) is 1. The fourth-order valence-corrected chi connectivity index (χ4v) is 4.30. The van der Waals surface area contributed by atoms with Gasteiger partial charge in [-0.25, -0.2) is 0 Å². The molecule has 182 valence electrons. The topological polar surface area (TPSA) is 114 Å². The number of piperidine rings is 1. The van der Waals surface area contributed by atoms with Crippen LogP contribution in [0.3, 0.4) is 0 Å². The van der Waals surface area contributed by atoms with Gasteiger partial charge in [0.2, 0.25) is 11.8 Å². The fraction of sp³-hybridized carbons (Fsp3) is 0.750. The van der Waals surface area contributed by atoms with Crippen LogP contribution in [-0.2, 0) is 19.1 Å². The lowest BCUT2D eigenvalue weighted by Crippen LogP contribution is -2.50. The van der Waals surface area contributed by atoms with Crippen LogP contribution in [-0.4, -0.2) is 67.8 Å². The molecule has 1 saturated heterocycles. The number of primary amides is 1. The number of nitrogens with zero attached hydrogens (tertiary/aromatic N) is 1. The van der Waals surface area contributed by atoms with Gasteiger partial charge in [0, 0.05) is 25.4 Å². The lowest BCUT2D eigenvalue weighted by Gasteiger charge is -2.37. The molecule has 0 aromatic carbocycles. The zero-order valence-corrected chi connectivity index (χ0v) is 20.1. The predicted molar refractivity (Wildman–Crippen MR) is 123 cm³/mol. The van der Waals surface area contributed by atoms with E-state index in [1.54, 1.807) is 7.11 Å². The van der Waals surface area contributed by atoms with Gasteiger partial charge in [-0.15, -0.1) is 0 Å². The standard InChI is InChI=1S/C24H41N3O5/c1-5-6-14-32-22-17(2)24(3,11-9-20(22)31-4)23(30)26-15-18-10-13-27(16-19(18)28)12-7-8-21(25)29/h9,18-19,28H,5-8,10-16H2,1-4H3,(H2,25,29)(H,26,30)/t18-,19-,24?/m1/s1. The molecule has 3 atom stereocenters. The first-order valence-electron chi connectivity index (χ1n) is 11.8. The van der Waals surface area contributed by atoms with Gasteiger partial charge in [-0.05, 0) is 64.3 Å². The van der Waals surface area contributed by atoms with Crippen molar-refractivity contribution in [3.8, 4) is 0 Å². The number of hydrogen-bond acceptors (Lipinski definition) is 6. The second kappa shape index (κ2) is 12.3. The molecule has 8 nitrogen and oxygen atoms in total. The van der Waals surface area contributed by atoms with Gasteiger partial charge in [0.15, 0.2) is 11.5 Å². The smallest absolute Gasteiger partial charge is 0.230 e.